The zero-order chi connectivity index (χ0) is 27.4. The number of aromatic nitrogens is 1. The van der Waals surface area contributed by atoms with Crippen molar-refractivity contribution in [1.29, 1.82) is 0 Å². The van der Waals surface area contributed by atoms with Crippen LogP contribution in [0.1, 0.15) is 43.1 Å². The maximum atomic E-state index is 13.5. The molecule has 0 radical (unpaired) electrons. The summed E-state index contributed by atoms with van der Waals surface area (Å²) < 4.78 is 16.7. The number of carbonyl (C=O) groups is 3. The van der Waals surface area contributed by atoms with E-state index < -0.39 is 23.3 Å². The molecule has 1 saturated heterocycles. The lowest BCUT2D eigenvalue weighted by molar-refractivity contribution is -0.138. The van der Waals surface area contributed by atoms with Crippen molar-refractivity contribution >= 4 is 40.2 Å². The van der Waals surface area contributed by atoms with E-state index in [1.54, 1.807) is 19.2 Å². The molecular weight excluding hydrogens is 492 g/mol. The van der Waals surface area contributed by atoms with Gasteiger partial charge in [-0.25, -0.2) is 14.4 Å². The van der Waals surface area contributed by atoms with Crippen LogP contribution in [0.5, 0.6) is 0 Å². The van der Waals surface area contributed by atoms with Crippen molar-refractivity contribution in [3.05, 3.63) is 45.9 Å². The first-order valence-electron chi connectivity index (χ1n) is 12.8. The van der Waals surface area contributed by atoms with E-state index in [0.29, 0.717) is 16.6 Å². The van der Waals surface area contributed by atoms with Gasteiger partial charge in [-0.15, -0.1) is 0 Å². The third kappa shape index (κ3) is 5.67. The van der Waals surface area contributed by atoms with E-state index in [1.807, 2.05) is 10.6 Å². The molecule has 0 spiro atoms. The van der Waals surface area contributed by atoms with Crippen LogP contribution in [0, 0.1) is 0 Å². The number of piperazine rings is 1. The third-order valence-corrected chi connectivity index (χ3v) is 6.88. The van der Waals surface area contributed by atoms with Crippen LogP contribution in [0.15, 0.2) is 34.9 Å². The van der Waals surface area contributed by atoms with Gasteiger partial charge >= 0.3 is 17.9 Å². The molecule has 2 fully saturated rings. The van der Waals surface area contributed by atoms with E-state index >= 15 is 0 Å². The number of hydrogen-bond donors (Lipinski definition) is 1. The Morgan fingerprint density at radius 3 is 2.34 bits per heavy atom. The SMILES string of the molecule is CCOC(=O)c1cn(C2CC2)c2cc(N3CCN(CC)CC3)c(N/C(=C/C(=O)OC)C(=O)OC)cc2c1=O. The zero-order valence-electron chi connectivity index (χ0n) is 22.2. The van der Waals surface area contributed by atoms with Gasteiger partial charge in [-0.3, -0.25) is 4.79 Å². The predicted octanol–water partition coefficient (Wildman–Crippen LogP) is 2.30. The van der Waals surface area contributed by atoms with Crippen molar-refractivity contribution in [2.75, 3.05) is 63.8 Å². The predicted molar refractivity (Wildman–Crippen MR) is 143 cm³/mol. The normalized spacial score (nSPS) is 16.3. The molecule has 1 aliphatic heterocycles. The van der Waals surface area contributed by atoms with Crippen molar-refractivity contribution in [2.45, 2.75) is 32.7 Å². The molecule has 1 saturated carbocycles. The summed E-state index contributed by atoms with van der Waals surface area (Å²) in [5, 5.41) is 3.32. The lowest BCUT2D eigenvalue weighted by Crippen LogP contribution is -2.46. The van der Waals surface area contributed by atoms with Crippen LogP contribution in [0.3, 0.4) is 0 Å². The van der Waals surface area contributed by atoms with Crippen LogP contribution in [0.25, 0.3) is 10.9 Å². The average Bonchev–Trinajstić information content (AvgIpc) is 3.78. The van der Waals surface area contributed by atoms with Gasteiger partial charge in [0.2, 0.25) is 5.43 Å². The van der Waals surface area contributed by atoms with Crippen LogP contribution in [-0.4, -0.2) is 80.9 Å². The standard InChI is InChI=1S/C27H34N4O7/c1-5-29-9-11-30(12-10-29)23-15-22-18(13-20(23)28-21(27(35)37-4)14-24(32)36-3)25(33)19(26(34)38-6-2)16-31(22)17-7-8-17/h13-17,28H,5-12H2,1-4H3/b21-14+. The number of ether oxygens (including phenoxy) is 3. The molecule has 1 aliphatic carbocycles. The van der Waals surface area contributed by atoms with Crippen LogP contribution < -0.4 is 15.6 Å². The van der Waals surface area contributed by atoms with E-state index in [-0.39, 0.29) is 23.9 Å². The van der Waals surface area contributed by atoms with Crippen molar-refractivity contribution in [1.82, 2.24) is 9.47 Å². The zero-order valence-corrected chi connectivity index (χ0v) is 22.2. The molecule has 0 amide bonds. The fourth-order valence-electron chi connectivity index (χ4n) is 4.64. The number of carbonyl (C=O) groups excluding carboxylic acids is 3. The Kier molecular flexibility index (Phi) is 8.35. The molecule has 2 aromatic rings. The van der Waals surface area contributed by atoms with Gasteiger partial charge in [-0.05, 0) is 38.4 Å². The smallest absolute Gasteiger partial charge is 0.354 e. The summed E-state index contributed by atoms with van der Waals surface area (Å²) in [5.41, 5.74) is 1.25. The molecule has 11 nitrogen and oxygen atoms in total. The Labute approximate surface area is 220 Å². The quantitative estimate of drug-likeness (QED) is 0.296. The largest absolute Gasteiger partial charge is 0.466 e. The van der Waals surface area contributed by atoms with Crippen molar-refractivity contribution in [3.8, 4) is 0 Å². The van der Waals surface area contributed by atoms with Gasteiger partial charge in [0.05, 0.1) is 43.8 Å². The first-order chi connectivity index (χ1) is 18.3. The number of nitrogens with zero attached hydrogens (tertiary/aromatic N) is 3. The highest BCUT2D eigenvalue weighted by atomic mass is 16.5. The van der Waals surface area contributed by atoms with Crippen molar-refractivity contribution in [2.24, 2.45) is 0 Å². The molecular formula is C27H34N4O7. The number of pyridine rings is 1. The number of likely N-dealkylation sites (N-methyl/N-ethyl adjacent to an activating group) is 1. The van der Waals surface area contributed by atoms with E-state index in [4.69, 9.17) is 14.2 Å². The second kappa shape index (κ2) is 11.7. The van der Waals surface area contributed by atoms with Gasteiger partial charge in [0, 0.05) is 43.8 Å². The second-order valence-corrected chi connectivity index (χ2v) is 9.24. The fraction of sp³-hybridized carbons (Fsp3) is 0.481. The van der Waals surface area contributed by atoms with E-state index in [1.165, 1.54) is 14.2 Å². The van der Waals surface area contributed by atoms with Gasteiger partial charge < -0.3 is 33.9 Å². The fourth-order valence-corrected chi connectivity index (χ4v) is 4.64. The topological polar surface area (TPSA) is 119 Å². The summed E-state index contributed by atoms with van der Waals surface area (Å²) in [6.07, 6.45) is 4.49. The first-order valence-corrected chi connectivity index (χ1v) is 12.8. The molecule has 0 atom stereocenters. The summed E-state index contributed by atoms with van der Waals surface area (Å²) in [5.74, 6) is -2.19. The highest BCUT2D eigenvalue weighted by Gasteiger charge is 2.29. The van der Waals surface area contributed by atoms with Gasteiger partial charge in [-0.1, -0.05) is 6.92 Å². The second-order valence-electron chi connectivity index (χ2n) is 9.24. The average molecular weight is 527 g/mol. The lowest BCUT2D eigenvalue weighted by Gasteiger charge is -2.36. The summed E-state index contributed by atoms with van der Waals surface area (Å²) in [6.45, 7) is 8.08. The molecule has 4 rings (SSSR count). The van der Waals surface area contributed by atoms with Crippen LogP contribution in [-0.2, 0) is 23.8 Å². The molecule has 0 bridgehead atoms. The van der Waals surface area contributed by atoms with Crippen molar-refractivity contribution < 1.29 is 28.6 Å². The number of nitrogens with one attached hydrogen (secondary N) is 1. The molecule has 2 aliphatic rings. The Hall–Kier alpha value is -3.86. The Balaban J connectivity index is 1.91. The molecule has 1 aromatic heterocycles. The van der Waals surface area contributed by atoms with E-state index in [9.17, 15) is 19.2 Å². The summed E-state index contributed by atoms with van der Waals surface area (Å²) >= 11 is 0. The minimum Gasteiger partial charge on any atom is -0.466 e. The number of hydrogen-bond acceptors (Lipinski definition) is 10. The summed E-state index contributed by atoms with van der Waals surface area (Å²) in [6, 6.07) is 3.73. The summed E-state index contributed by atoms with van der Waals surface area (Å²) in [4.78, 5) is 55.2. The number of benzene rings is 1. The Morgan fingerprint density at radius 2 is 1.76 bits per heavy atom. The molecule has 11 heteroatoms. The van der Waals surface area contributed by atoms with E-state index in [2.05, 4.69) is 22.0 Å². The highest BCUT2D eigenvalue weighted by Crippen LogP contribution is 2.39. The first kappa shape index (κ1) is 27.2. The minimum atomic E-state index is -0.770. The maximum Gasteiger partial charge on any atom is 0.354 e. The molecule has 0 unspecified atom stereocenters. The monoisotopic (exact) mass is 526 g/mol. The number of anilines is 2. The molecule has 2 heterocycles. The number of esters is 3. The lowest BCUT2D eigenvalue weighted by atomic mass is 10.1. The van der Waals surface area contributed by atoms with Crippen molar-refractivity contribution in [3.63, 3.8) is 0 Å². The number of methoxy groups -OCH3 is 2. The van der Waals surface area contributed by atoms with Gasteiger partial charge in [0.25, 0.3) is 0 Å². The highest BCUT2D eigenvalue weighted by molar-refractivity contribution is 6.02. The van der Waals surface area contributed by atoms with Crippen LogP contribution >= 0.6 is 0 Å². The Morgan fingerprint density at radius 1 is 1.05 bits per heavy atom. The van der Waals surface area contributed by atoms with E-state index in [0.717, 1.165) is 57.3 Å². The van der Waals surface area contributed by atoms with Gasteiger partial charge in [0.1, 0.15) is 11.3 Å². The summed E-state index contributed by atoms with van der Waals surface area (Å²) in [7, 11) is 2.42. The third-order valence-electron chi connectivity index (χ3n) is 6.88. The number of rotatable bonds is 9. The minimum absolute atomic E-state index is 0.0418. The van der Waals surface area contributed by atoms with Gasteiger partial charge in [-0.2, -0.15) is 0 Å². The molecule has 38 heavy (non-hydrogen) atoms. The van der Waals surface area contributed by atoms with Crippen LogP contribution in [0.4, 0.5) is 11.4 Å². The van der Waals surface area contributed by atoms with Gasteiger partial charge in [0.15, 0.2) is 0 Å². The maximum absolute atomic E-state index is 13.5. The molecule has 204 valence electrons. The Bertz CT molecular complexity index is 1320. The molecule has 1 N–H and O–H groups in total. The molecule has 1 aromatic carbocycles. The number of fused-ring (bicyclic) bond motifs is 1. The van der Waals surface area contributed by atoms with Crippen LogP contribution in [0.2, 0.25) is 0 Å².